The Labute approximate surface area is 93.6 Å². The summed E-state index contributed by atoms with van der Waals surface area (Å²) in [5.41, 5.74) is 1.86. The second kappa shape index (κ2) is 4.61. The fourth-order valence-electron chi connectivity index (χ4n) is 1.96. The highest BCUT2D eigenvalue weighted by atomic mass is 19.1. The Morgan fingerprint density at radius 2 is 2.38 bits per heavy atom. The topological polar surface area (TPSA) is 38.3 Å². The quantitative estimate of drug-likeness (QED) is 0.775. The predicted octanol–water partition coefficient (Wildman–Crippen LogP) is 1.65. The maximum absolute atomic E-state index is 13.6. The van der Waals surface area contributed by atoms with Gasteiger partial charge in [0.05, 0.1) is 6.61 Å². The lowest BCUT2D eigenvalue weighted by Crippen LogP contribution is -2.27. The van der Waals surface area contributed by atoms with Crippen LogP contribution in [0.15, 0.2) is 12.1 Å². The van der Waals surface area contributed by atoms with Crippen molar-refractivity contribution in [2.45, 2.75) is 19.9 Å². The van der Waals surface area contributed by atoms with Gasteiger partial charge in [0.15, 0.2) is 0 Å². The molecule has 16 heavy (non-hydrogen) atoms. The molecule has 0 amide bonds. The third-order valence-electron chi connectivity index (χ3n) is 2.71. The van der Waals surface area contributed by atoms with Crippen molar-refractivity contribution in [1.82, 2.24) is 5.32 Å². The number of nitrogens with one attached hydrogen (secondary N) is 1. The smallest absolute Gasteiger partial charge is 0.341 e. The van der Waals surface area contributed by atoms with Gasteiger partial charge in [-0.05, 0) is 37.1 Å². The Kier molecular flexibility index (Phi) is 3.19. The molecule has 4 heteroatoms. The molecule has 2 rings (SSSR count). The number of fused-ring (bicyclic) bond motifs is 1. The zero-order chi connectivity index (χ0) is 11.5. The van der Waals surface area contributed by atoms with Gasteiger partial charge in [-0.25, -0.2) is 9.18 Å². The van der Waals surface area contributed by atoms with Crippen LogP contribution >= 0.6 is 0 Å². The Hall–Kier alpha value is -1.42. The van der Waals surface area contributed by atoms with E-state index in [9.17, 15) is 9.18 Å². The molecule has 0 atom stereocenters. The predicted molar refractivity (Wildman–Crippen MR) is 57.8 cm³/mol. The summed E-state index contributed by atoms with van der Waals surface area (Å²) in [5.74, 6) is -1.07. The molecule has 0 radical (unpaired) electrons. The van der Waals surface area contributed by atoms with Crippen molar-refractivity contribution < 1.29 is 13.9 Å². The van der Waals surface area contributed by atoms with Crippen LogP contribution in [0, 0.1) is 5.82 Å². The van der Waals surface area contributed by atoms with E-state index in [1.165, 1.54) is 6.07 Å². The summed E-state index contributed by atoms with van der Waals surface area (Å²) in [7, 11) is 0. The van der Waals surface area contributed by atoms with Gasteiger partial charge in [0, 0.05) is 6.54 Å². The lowest BCUT2D eigenvalue weighted by atomic mass is 9.95. The summed E-state index contributed by atoms with van der Waals surface area (Å²) in [6.45, 7) is 3.36. The number of esters is 1. The molecule has 0 aromatic heterocycles. The van der Waals surface area contributed by atoms with Gasteiger partial charge < -0.3 is 10.1 Å². The average molecular weight is 223 g/mol. The van der Waals surface area contributed by atoms with Crippen LogP contribution in [0.25, 0.3) is 0 Å². The van der Waals surface area contributed by atoms with E-state index in [0.29, 0.717) is 6.54 Å². The first-order valence-electron chi connectivity index (χ1n) is 5.42. The molecule has 0 saturated carbocycles. The molecule has 1 aromatic carbocycles. The van der Waals surface area contributed by atoms with Gasteiger partial charge in [0.25, 0.3) is 0 Å². The lowest BCUT2D eigenvalue weighted by molar-refractivity contribution is 0.0519. The average Bonchev–Trinajstić information content (AvgIpc) is 2.29. The zero-order valence-corrected chi connectivity index (χ0v) is 9.18. The van der Waals surface area contributed by atoms with Crippen LogP contribution in [0.3, 0.4) is 0 Å². The third-order valence-corrected chi connectivity index (χ3v) is 2.71. The summed E-state index contributed by atoms with van der Waals surface area (Å²) in [6.07, 6.45) is 0.821. The Morgan fingerprint density at radius 1 is 1.56 bits per heavy atom. The van der Waals surface area contributed by atoms with E-state index in [4.69, 9.17) is 4.74 Å². The molecule has 3 nitrogen and oxygen atoms in total. The number of carbonyl (C=O) groups is 1. The first kappa shape index (κ1) is 11.1. The largest absolute Gasteiger partial charge is 0.462 e. The number of ether oxygens (including phenoxy) is 1. The van der Waals surface area contributed by atoms with Crippen LogP contribution in [0.4, 0.5) is 4.39 Å². The molecule has 86 valence electrons. The second-order valence-corrected chi connectivity index (χ2v) is 3.71. The summed E-state index contributed by atoms with van der Waals surface area (Å²) in [4.78, 5) is 11.6. The molecular weight excluding hydrogens is 209 g/mol. The third kappa shape index (κ3) is 1.93. The molecule has 0 fully saturated rings. The van der Waals surface area contributed by atoms with Crippen molar-refractivity contribution >= 4 is 5.97 Å². The van der Waals surface area contributed by atoms with E-state index in [-0.39, 0.29) is 12.2 Å². The number of carbonyl (C=O) groups excluding carboxylic acids is 1. The molecule has 1 aromatic rings. The molecule has 0 aliphatic carbocycles. The minimum Gasteiger partial charge on any atom is -0.462 e. The van der Waals surface area contributed by atoms with Crippen LogP contribution in [-0.4, -0.2) is 19.1 Å². The van der Waals surface area contributed by atoms with Crippen molar-refractivity contribution in [1.29, 1.82) is 0 Å². The van der Waals surface area contributed by atoms with Crippen molar-refractivity contribution in [3.63, 3.8) is 0 Å². The van der Waals surface area contributed by atoms with Gasteiger partial charge in [-0.1, -0.05) is 6.07 Å². The van der Waals surface area contributed by atoms with Crippen molar-refractivity contribution in [3.8, 4) is 0 Å². The van der Waals surface area contributed by atoms with E-state index in [1.54, 1.807) is 13.0 Å². The van der Waals surface area contributed by atoms with E-state index >= 15 is 0 Å². The summed E-state index contributed by atoms with van der Waals surface area (Å²) < 4.78 is 18.5. The van der Waals surface area contributed by atoms with Gasteiger partial charge >= 0.3 is 5.97 Å². The van der Waals surface area contributed by atoms with Crippen LogP contribution in [0.5, 0.6) is 0 Å². The van der Waals surface area contributed by atoms with Gasteiger partial charge in [-0.2, -0.15) is 0 Å². The Bertz CT molecular complexity index is 418. The Balaban J connectivity index is 2.45. The van der Waals surface area contributed by atoms with Crippen LogP contribution in [-0.2, 0) is 17.7 Å². The zero-order valence-electron chi connectivity index (χ0n) is 9.18. The second-order valence-electron chi connectivity index (χ2n) is 3.71. The highest BCUT2D eigenvalue weighted by Crippen LogP contribution is 2.22. The SMILES string of the molecule is CCOC(=O)c1c(F)ccc2c1CNCC2. The lowest BCUT2D eigenvalue weighted by Gasteiger charge is -2.19. The van der Waals surface area contributed by atoms with Crippen LogP contribution in [0.1, 0.15) is 28.4 Å². The van der Waals surface area contributed by atoms with E-state index < -0.39 is 11.8 Å². The minimum atomic E-state index is -0.569. The molecule has 0 unspecified atom stereocenters. The molecule has 0 bridgehead atoms. The number of hydrogen-bond acceptors (Lipinski definition) is 3. The van der Waals surface area contributed by atoms with Crippen molar-refractivity contribution in [3.05, 3.63) is 34.6 Å². The summed E-state index contributed by atoms with van der Waals surface area (Å²) in [6, 6.07) is 3.09. The number of halogens is 1. The molecule has 0 spiro atoms. The number of hydrogen-bond donors (Lipinski definition) is 1. The monoisotopic (exact) mass is 223 g/mol. The molecule has 1 N–H and O–H groups in total. The van der Waals surface area contributed by atoms with E-state index in [2.05, 4.69) is 5.32 Å². The molecular formula is C12H14FNO2. The first-order valence-corrected chi connectivity index (χ1v) is 5.42. The minimum absolute atomic E-state index is 0.0894. The van der Waals surface area contributed by atoms with Crippen LogP contribution < -0.4 is 5.32 Å². The summed E-state index contributed by atoms with van der Waals surface area (Å²) in [5, 5.41) is 3.13. The standard InChI is InChI=1S/C12H14FNO2/c1-2-16-12(15)11-9-7-14-6-5-8(9)3-4-10(11)13/h3-4,14H,2,5-7H2,1H3. The Morgan fingerprint density at radius 3 is 3.12 bits per heavy atom. The highest BCUT2D eigenvalue weighted by molar-refractivity contribution is 5.92. The van der Waals surface area contributed by atoms with E-state index in [1.807, 2.05) is 0 Å². The maximum atomic E-state index is 13.6. The first-order chi connectivity index (χ1) is 7.74. The molecule has 1 aliphatic heterocycles. The summed E-state index contributed by atoms with van der Waals surface area (Å²) >= 11 is 0. The van der Waals surface area contributed by atoms with Gasteiger partial charge in [0.1, 0.15) is 11.4 Å². The van der Waals surface area contributed by atoms with Crippen molar-refractivity contribution in [2.24, 2.45) is 0 Å². The molecule has 1 aliphatic rings. The van der Waals surface area contributed by atoms with Gasteiger partial charge in [-0.15, -0.1) is 0 Å². The van der Waals surface area contributed by atoms with Gasteiger partial charge in [0.2, 0.25) is 0 Å². The maximum Gasteiger partial charge on any atom is 0.341 e. The number of benzene rings is 1. The normalized spacial score (nSPS) is 14.4. The van der Waals surface area contributed by atoms with Gasteiger partial charge in [-0.3, -0.25) is 0 Å². The molecule has 1 heterocycles. The van der Waals surface area contributed by atoms with E-state index in [0.717, 1.165) is 24.1 Å². The van der Waals surface area contributed by atoms with Crippen LogP contribution in [0.2, 0.25) is 0 Å². The fourth-order valence-corrected chi connectivity index (χ4v) is 1.96. The number of rotatable bonds is 2. The fraction of sp³-hybridized carbons (Fsp3) is 0.417. The highest BCUT2D eigenvalue weighted by Gasteiger charge is 2.22. The van der Waals surface area contributed by atoms with Crippen molar-refractivity contribution in [2.75, 3.05) is 13.2 Å². The molecule has 0 saturated heterocycles.